The Balaban J connectivity index is 1.83. The van der Waals surface area contributed by atoms with Crippen molar-refractivity contribution in [2.45, 2.75) is 45.7 Å². The fourth-order valence-electron chi connectivity index (χ4n) is 2.72. The third-order valence-corrected chi connectivity index (χ3v) is 4.36. The van der Waals surface area contributed by atoms with Gasteiger partial charge in [0.05, 0.1) is 11.1 Å². The van der Waals surface area contributed by atoms with Gasteiger partial charge in [0.1, 0.15) is 0 Å². The van der Waals surface area contributed by atoms with Crippen molar-refractivity contribution in [3.63, 3.8) is 0 Å². The molecule has 2 rings (SSSR count). The molecule has 0 unspecified atom stereocenters. The van der Waals surface area contributed by atoms with Gasteiger partial charge in [-0.15, -0.1) is 0 Å². The Morgan fingerprint density at radius 1 is 1.30 bits per heavy atom. The predicted molar refractivity (Wildman–Crippen MR) is 73.6 cm³/mol. The molecule has 0 amide bonds. The lowest BCUT2D eigenvalue weighted by molar-refractivity contribution is -0.229. The van der Waals surface area contributed by atoms with E-state index in [2.05, 4.69) is 10.3 Å². The van der Waals surface area contributed by atoms with E-state index in [-0.39, 0.29) is 12.8 Å². The Morgan fingerprint density at radius 2 is 1.95 bits per heavy atom. The van der Waals surface area contributed by atoms with E-state index in [1.54, 1.807) is 12.4 Å². The van der Waals surface area contributed by atoms with Gasteiger partial charge < -0.3 is 5.32 Å². The molecule has 5 heteroatoms. The van der Waals surface area contributed by atoms with Gasteiger partial charge in [-0.1, -0.05) is 6.92 Å². The Bertz CT molecular complexity index is 449. The number of aryl methyl sites for hydroxylation is 1. The van der Waals surface area contributed by atoms with Gasteiger partial charge >= 0.3 is 6.18 Å². The van der Waals surface area contributed by atoms with E-state index in [1.807, 2.05) is 13.0 Å². The molecule has 2 nitrogen and oxygen atoms in total. The summed E-state index contributed by atoms with van der Waals surface area (Å²) >= 11 is 0. The Kier molecular flexibility index (Phi) is 4.25. The van der Waals surface area contributed by atoms with Crippen LogP contribution in [0.15, 0.2) is 18.5 Å². The maximum atomic E-state index is 12.9. The van der Waals surface area contributed by atoms with Gasteiger partial charge in [0.2, 0.25) is 0 Å². The molecule has 0 radical (unpaired) electrons. The molecular formula is C15H21F3N2. The molecule has 1 fully saturated rings. The van der Waals surface area contributed by atoms with Crippen LogP contribution in [0.5, 0.6) is 0 Å². The summed E-state index contributed by atoms with van der Waals surface area (Å²) in [4.78, 5) is 4.09. The molecule has 0 aliphatic heterocycles. The Morgan fingerprint density at radius 3 is 2.50 bits per heavy atom. The molecule has 1 aliphatic rings. The number of halogens is 3. The number of rotatable bonds is 3. The highest BCUT2D eigenvalue weighted by Crippen LogP contribution is 2.49. The van der Waals surface area contributed by atoms with Crippen molar-refractivity contribution in [2.24, 2.45) is 11.3 Å². The first-order valence-corrected chi connectivity index (χ1v) is 7.02. The number of alkyl halides is 3. The van der Waals surface area contributed by atoms with Crippen molar-refractivity contribution in [1.29, 1.82) is 0 Å². The third-order valence-electron chi connectivity index (χ3n) is 4.36. The van der Waals surface area contributed by atoms with Gasteiger partial charge in [0, 0.05) is 18.9 Å². The van der Waals surface area contributed by atoms with Crippen molar-refractivity contribution in [1.82, 2.24) is 4.98 Å². The fourth-order valence-corrected chi connectivity index (χ4v) is 2.72. The zero-order chi connectivity index (χ0) is 14.8. The molecule has 1 aromatic heterocycles. The molecule has 112 valence electrons. The average Bonchev–Trinajstić information content (AvgIpc) is 2.37. The minimum Gasteiger partial charge on any atom is -0.384 e. The van der Waals surface area contributed by atoms with Crippen LogP contribution in [0.3, 0.4) is 0 Å². The van der Waals surface area contributed by atoms with Gasteiger partial charge in [-0.05, 0) is 50.2 Å². The molecule has 0 atom stereocenters. The van der Waals surface area contributed by atoms with E-state index < -0.39 is 11.6 Å². The quantitative estimate of drug-likeness (QED) is 0.881. The number of aromatic nitrogens is 1. The molecule has 1 N–H and O–H groups in total. The standard InChI is InChI=1S/C15H21F3N2/c1-11-7-13(10-19-8-11)20-9-12-3-5-14(2,6-4-12)15(16,17)18/h7-8,10,12,20H,3-6,9H2,1-2H3. The summed E-state index contributed by atoms with van der Waals surface area (Å²) in [6.07, 6.45) is 1.16. The van der Waals surface area contributed by atoms with E-state index >= 15 is 0 Å². The number of hydrogen-bond acceptors (Lipinski definition) is 2. The molecule has 0 bridgehead atoms. The van der Waals surface area contributed by atoms with Gasteiger partial charge in [-0.2, -0.15) is 13.2 Å². The lowest BCUT2D eigenvalue weighted by Crippen LogP contribution is -2.39. The highest BCUT2D eigenvalue weighted by Gasteiger charge is 2.51. The number of anilines is 1. The molecule has 1 aliphatic carbocycles. The van der Waals surface area contributed by atoms with E-state index in [0.29, 0.717) is 18.8 Å². The maximum absolute atomic E-state index is 12.9. The monoisotopic (exact) mass is 286 g/mol. The number of hydrogen-bond donors (Lipinski definition) is 1. The summed E-state index contributed by atoms with van der Waals surface area (Å²) in [5, 5.41) is 3.28. The van der Waals surface area contributed by atoms with Gasteiger partial charge in [-0.25, -0.2) is 0 Å². The SMILES string of the molecule is Cc1cncc(NCC2CCC(C)(C(F)(F)F)CC2)c1. The van der Waals surface area contributed by atoms with Crippen LogP contribution in [0.1, 0.15) is 38.2 Å². The van der Waals surface area contributed by atoms with Crippen molar-refractivity contribution in [2.75, 3.05) is 11.9 Å². The van der Waals surface area contributed by atoms with Crippen LogP contribution in [0.4, 0.5) is 18.9 Å². The van der Waals surface area contributed by atoms with Crippen molar-refractivity contribution in [3.8, 4) is 0 Å². The summed E-state index contributed by atoms with van der Waals surface area (Å²) in [7, 11) is 0. The normalized spacial score (nSPS) is 27.4. The molecular weight excluding hydrogens is 265 g/mol. The highest BCUT2D eigenvalue weighted by atomic mass is 19.4. The number of pyridine rings is 1. The minimum atomic E-state index is -4.08. The number of nitrogens with zero attached hydrogens (tertiary/aromatic N) is 1. The molecule has 0 spiro atoms. The van der Waals surface area contributed by atoms with E-state index in [9.17, 15) is 13.2 Å². The topological polar surface area (TPSA) is 24.9 Å². The van der Waals surface area contributed by atoms with Gasteiger partial charge in [0.15, 0.2) is 0 Å². The van der Waals surface area contributed by atoms with Crippen molar-refractivity contribution in [3.05, 3.63) is 24.0 Å². The van der Waals surface area contributed by atoms with Crippen LogP contribution >= 0.6 is 0 Å². The van der Waals surface area contributed by atoms with Crippen molar-refractivity contribution >= 4 is 5.69 Å². The van der Waals surface area contributed by atoms with Gasteiger partial charge in [0.25, 0.3) is 0 Å². The molecule has 0 aromatic carbocycles. The molecule has 20 heavy (non-hydrogen) atoms. The summed E-state index contributed by atoms with van der Waals surface area (Å²) in [5.41, 5.74) is 0.520. The second-order valence-corrected chi connectivity index (χ2v) is 6.13. The van der Waals surface area contributed by atoms with Crippen molar-refractivity contribution < 1.29 is 13.2 Å². The first-order valence-electron chi connectivity index (χ1n) is 7.02. The van der Waals surface area contributed by atoms with Crippen LogP contribution in [0, 0.1) is 18.3 Å². The summed E-state index contributed by atoms with van der Waals surface area (Å²) in [5.74, 6) is 0.311. The first kappa shape index (κ1) is 15.1. The van der Waals surface area contributed by atoms with Crippen LogP contribution in [0.25, 0.3) is 0 Å². The van der Waals surface area contributed by atoms with E-state index in [0.717, 1.165) is 17.8 Å². The third kappa shape index (κ3) is 3.44. The Hall–Kier alpha value is -1.26. The summed E-state index contributed by atoms with van der Waals surface area (Å²) in [6, 6.07) is 2.00. The molecule has 0 saturated heterocycles. The molecule has 1 heterocycles. The fraction of sp³-hybridized carbons (Fsp3) is 0.667. The van der Waals surface area contributed by atoms with E-state index in [4.69, 9.17) is 0 Å². The lowest BCUT2D eigenvalue weighted by atomic mass is 9.71. The van der Waals surface area contributed by atoms with Crippen LogP contribution in [-0.4, -0.2) is 17.7 Å². The zero-order valence-corrected chi connectivity index (χ0v) is 11.9. The van der Waals surface area contributed by atoms with Crippen LogP contribution in [-0.2, 0) is 0 Å². The minimum absolute atomic E-state index is 0.231. The van der Waals surface area contributed by atoms with E-state index in [1.165, 1.54) is 6.92 Å². The molecule has 1 aromatic rings. The summed E-state index contributed by atoms with van der Waals surface area (Å²) < 4.78 is 38.8. The average molecular weight is 286 g/mol. The zero-order valence-electron chi connectivity index (χ0n) is 11.9. The lowest BCUT2D eigenvalue weighted by Gasteiger charge is -2.38. The highest BCUT2D eigenvalue weighted by molar-refractivity contribution is 5.42. The predicted octanol–water partition coefficient (Wildman–Crippen LogP) is 4.56. The van der Waals surface area contributed by atoms with Crippen LogP contribution in [0.2, 0.25) is 0 Å². The summed E-state index contributed by atoms with van der Waals surface area (Å²) in [6.45, 7) is 4.04. The second-order valence-electron chi connectivity index (χ2n) is 6.13. The number of nitrogens with one attached hydrogen (secondary N) is 1. The van der Waals surface area contributed by atoms with Crippen LogP contribution < -0.4 is 5.32 Å². The second kappa shape index (κ2) is 5.62. The maximum Gasteiger partial charge on any atom is 0.394 e. The smallest absolute Gasteiger partial charge is 0.384 e. The molecule has 1 saturated carbocycles. The Labute approximate surface area is 117 Å². The largest absolute Gasteiger partial charge is 0.394 e. The van der Waals surface area contributed by atoms with Gasteiger partial charge in [-0.3, -0.25) is 4.98 Å². The first-order chi connectivity index (χ1) is 9.30.